The van der Waals surface area contributed by atoms with Crippen molar-refractivity contribution < 1.29 is 53.8 Å². The number of aliphatic hydroxyl groups excluding tert-OH is 2. The minimum absolute atomic E-state index is 0.00167. The number of guanidine groups is 1. The molecular weight excluding hydrogens is 726 g/mol. The Morgan fingerprint density at radius 1 is 1.00 bits per heavy atom. The van der Waals surface area contributed by atoms with Crippen LogP contribution in [-0.2, 0) is 23.8 Å². The number of phenols is 2. The van der Waals surface area contributed by atoms with Crippen LogP contribution in [0.2, 0.25) is 0 Å². The Morgan fingerprint density at radius 2 is 1.71 bits per heavy atom. The topological polar surface area (TPSA) is 230 Å². The lowest BCUT2D eigenvalue weighted by Gasteiger charge is -2.38. The van der Waals surface area contributed by atoms with Crippen LogP contribution >= 0.6 is 0 Å². The number of rotatable bonds is 3. The molecule has 0 fully saturated rings. The summed E-state index contributed by atoms with van der Waals surface area (Å²) in [5, 5.41) is 59.9. The number of hydrogen-bond acceptors (Lipinski definition) is 15. The Morgan fingerprint density at radius 3 is 2.36 bits per heavy atom. The van der Waals surface area contributed by atoms with E-state index in [-0.39, 0.29) is 50.6 Å². The van der Waals surface area contributed by atoms with Gasteiger partial charge in [-0.2, -0.15) is 0 Å². The molecule has 9 atom stereocenters. The molecule has 6 N–H and O–H groups in total. The molecule has 0 aromatic heterocycles. The van der Waals surface area contributed by atoms with Gasteiger partial charge in [0.05, 0.1) is 53.4 Å². The number of aliphatic imine (C=N–C) groups is 1. The average Bonchev–Trinajstić information content (AvgIpc) is 3.78. The molecule has 0 aliphatic carbocycles. The number of benzene rings is 2. The van der Waals surface area contributed by atoms with Crippen molar-refractivity contribution in [3.05, 3.63) is 53.3 Å². The molecule has 2 aromatic carbocycles. The van der Waals surface area contributed by atoms with Gasteiger partial charge in [0.2, 0.25) is 5.96 Å². The second-order valence-corrected chi connectivity index (χ2v) is 14.8. The van der Waals surface area contributed by atoms with Gasteiger partial charge in [0.25, 0.3) is 11.7 Å². The fourth-order valence-electron chi connectivity index (χ4n) is 7.28. The first-order chi connectivity index (χ1) is 26.4. The molecule has 56 heavy (non-hydrogen) atoms. The first kappa shape index (κ1) is 41.8. The van der Waals surface area contributed by atoms with Crippen molar-refractivity contribution in [2.24, 2.45) is 38.9 Å². The highest BCUT2D eigenvalue weighted by molar-refractivity contribution is 6.22. The summed E-state index contributed by atoms with van der Waals surface area (Å²) in [6.45, 7) is 13.7. The molecule has 0 spiro atoms. The van der Waals surface area contributed by atoms with E-state index in [0.29, 0.717) is 13.1 Å². The number of azo groups is 1. The van der Waals surface area contributed by atoms with Gasteiger partial charge in [0.15, 0.2) is 5.75 Å². The van der Waals surface area contributed by atoms with E-state index in [1.807, 2.05) is 0 Å². The number of nitrogens with one attached hydrogen (secondary N) is 2. The predicted molar refractivity (Wildman–Crippen MR) is 207 cm³/mol. The van der Waals surface area contributed by atoms with Crippen LogP contribution in [-0.4, -0.2) is 94.4 Å². The van der Waals surface area contributed by atoms with Gasteiger partial charge in [0, 0.05) is 67.7 Å². The first-order valence-electron chi connectivity index (χ1n) is 18.5. The van der Waals surface area contributed by atoms with Crippen LogP contribution in [0.25, 0.3) is 10.8 Å². The molecular formula is C40H51N5O11. The average molecular weight is 778 g/mol. The fraction of sp³-hybridized carbons (Fsp3) is 0.500. The zero-order valence-electron chi connectivity index (χ0n) is 33.0. The van der Waals surface area contributed by atoms with Crippen molar-refractivity contribution in [2.75, 3.05) is 25.5 Å². The monoisotopic (exact) mass is 777 g/mol. The number of nitrogens with zero attached hydrogens (tertiary/aromatic N) is 3. The third-order valence-corrected chi connectivity index (χ3v) is 10.7. The Labute approximate surface area is 325 Å². The quantitative estimate of drug-likeness (QED) is 0.136. The van der Waals surface area contributed by atoms with Crippen molar-refractivity contribution in [3.8, 4) is 17.2 Å². The number of aliphatic hydroxyl groups is 2. The molecule has 16 nitrogen and oxygen atoms in total. The number of Topliss-reactive ketones (excluding diaryl/α,β-unsaturated/α-hetero) is 1. The lowest BCUT2D eigenvalue weighted by Crippen LogP contribution is -2.46. The minimum atomic E-state index is -1.98. The number of methoxy groups -OCH3 is 1. The summed E-state index contributed by atoms with van der Waals surface area (Å²) in [5.41, 5.74) is 0.153. The van der Waals surface area contributed by atoms with Crippen LogP contribution < -0.4 is 15.4 Å². The summed E-state index contributed by atoms with van der Waals surface area (Å²) in [7, 11) is 1.45. The summed E-state index contributed by atoms with van der Waals surface area (Å²) in [6, 6.07) is 1.32. The zero-order valence-corrected chi connectivity index (χ0v) is 33.0. The van der Waals surface area contributed by atoms with Gasteiger partial charge >= 0.3 is 11.8 Å². The molecule has 0 unspecified atom stereocenters. The molecule has 16 heteroatoms. The maximum absolute atomic E-state index is 14.4. The van der Waals surface area contributed by atoms with E-state index < -0.39 is 83.0 Å². The highest BCUT2D eigenvalue weighted by Crippen LogP contribution is 2.54. The number of allylic oxidation sites excluding steroid dienone is 2. The van der Waals surface area contributed by atoms with Gasteiger partial charge in [-0.1, -0.05) is 45.9 Å². The van der Waals surface area contributed by atoms with Crippen LogP contribution in [0.4, 0.5) is 11.4 Å². The summed E-state index contributed by atoms with van der Waals surface area (Å²) < 4.78 is 23.6. The van der Waals surface area contributed by atoms with Crippen molar-refractivity contribution >= 4 is 45.8 Å². The number of hydrogen-bond donors (Lipinski definition) is 6. The molecule has 4 aliphatic heterocycles. The Bertz CT molecular complexity index is 2040. The van der Waals surface area contributed by atoms with Gasteiger partial charge in [-0.3, -0.25) is 14.4 Å². The minimum Gasteiger partial charge on any atom is -0.507 e. The molecule has 0 radical (unpaired) electrons. The number of amides is 1. The van der Waals surface area contributed by atoms with E-state index >= 15 is 0 Å². The lowest BCUT2D eigenvalue weighted by atomic mass is 9.78. The van der Waals surface area contributed by atoms with Crippen LogP contribution in [0.1, 0.15) is 64.4 Å². The van der Waals surface area contributed by atoms with Crippen molar-refractivity contribution in [1.29, 1.82) is 0 Å². The number of ether oxygens (including phenoxy) is 4. The second kappa shape index (κ2) is 16.8. The number of aromatic hydroxyl groups is 2. The Balaban J connectivity index is 1.69. The van der Waals surface area contributed by atoms with Crippen LogP contribution in [0.3, 0.4) is 0 Å². The normalized spacial score (nSPS) is 32.3. The largest absolute Gasteiger partial charge is 0.507 e. The van der Waals surface area contributed by atoms with E-state index in [1.54, 1.807) is 46.8 Å². The molecule has 0 saturated carbocycles. The predicted octanol–water partition coefficient (Wildman–Crippen LogP) is 5.09. The van der Waals surface area contributed by atoms with Gasteiger partial charge in [-0.05, 0) is 26.0 Å². The summed E-state index contributed by atoms with van der Waals surface area (Å²) >= 11 is 0. The SMILES string of the molecule is CO[C@H]1/C=C/O[C@@]2(C)Oc3c(C)c(O)c4c(O)c(cc(N=NC5=NCCN5)c4c3C2=O)NC(=O)/C(C)=C\C=C\[C@H](C)[C@H](O)[C@@H](C)[C@@H](O)[C@H](C)[C@H](OC(C)=O)[C@H]1C. The van der Waals surface area contributed by atoms with E-state index in [4.69, 9.17) is 18.9 Å². The number of esters is 1. The van der Waals surface area contributed by atoms with Crippen molar-refractivity contribution in [1.82, 2.24) is 5.32 Å². The third kappa shape index (κ3) is 8.13. The Hall–Kier alpha value is -5.32. The van der Waals surface area contributed by atoms with Gasteiger partial charge in [0.1, 0.15) is 17.6 Å². The maximum Gasteiger partial charge on any atom is 0.312 e. The lowest BCUT2D eigenvalue weighted by molar-refractivity contribution is -0.160. The molecule has 2 aromatic rings. The highest BCUT2D eigenvalue weighted by Gasteiger charge is 2.49. The highest BCUT2D eigenvalue weighted by atomic mass is 16.7. The first-order valence-corrected chi connectivity index (χ1v) is 18.5. The van der Waals surface area contributed by atoms with Crippen LogP contribution in [0.5, 0.6) is 17.2 Å². The standard InChI is InChI=1S/C40H51N5O11/c1-18-11-10-12-19(2)38(52)43-26-17-25(44-45-39-41-14-15-42-39)28-29(34(26)50)33(49)23(6)36-30(28)37(51)40(8,56-36)54-16-13-27(53-9)20(3)35(55-24(7)46)22(5)32(48)21(4)31(18)47/h10-13,16-18,20-22,27,31-32,35,47-50H,14-15H2,1-9H3,(H,41,42)(H,43,52)/b11-10+,16-13+,19-12-,45-44?/t18-,20-,21+,22-,27-,31-,32+,35+,40-/m0/s1. The summed E-state index contributed by atoms with van der Waals surface area (Å²) in [5.74, 6) is -7.01. The summed E-state index contributed by atoms with van der Waals surface area (Å²) in [6.07, 6.45) is 3.74. The van der Waals surface area contributed by atoms with Crippen LogP contribution in [0, 0.1) is 30.6 Å². The van der Waals surface area contributed by atoms with E-state index in [1.165, 1.54) is 52.4 Å². The van der Waals surface area contributed by atoms with E-state index in [9.17, 15) is 34.8 Å². The number of carbonyl (C=O) groups excluding carboxylic acids is 3. The van der Waals surface area contributed by atoms with E-state index in [2.05, 4.69) is 25.9 Å². The smallest absolute Gasteiger partial charge is 0.312 e. The number of anilines is 1. The van der Waals surface area contributed by atoms with Gasteiger partial charge in [-0.25, -0.2) is 4.99 Å². The maximum atomic E-state index is 14.4. The molecule has 302 valence electrons. The fourth-order valence-corrected chi connectivity index (χ4v) is 7.28. The molecule has 6 rings (SSSR count). The second-order valence-electron chi connectivity index (χ2n) is 14.8. The third-order valence-electron chi connectivity index (χ3n) is 10.7. The Kier molecular flexibility index (Phi) is 12.6. The molecule has 0 saturated heterocycles. The number of phenolic OH excluding ortho intramolecular Hbond substituents is 2. The van der Waals surface area contributed by atoms with Crippen molar-refractivity contribution in [3.63, 3.8) is 0 Å². The number of fused-ring (bicyclic) bond motifs is 14. The zero-order chi connectivity index (χ0) is 41.2. The van der Waals surface area contributed by atoms with E-state index in [0.717, 1.165) is 0 Å². The molecule has 5 bridgehead atoms. The van der Waals surface area contributed by atoms with Crippen LogP contribution in [0.15, 0.2) is 57.4 Å². The molecule has 1 amide bonds. The number of ketones is 1. The molecule has 4 aliphatic rings. The van der Waals surface area contributed by atoms with Crippen molar-refractivity contribution in [2.45, 2.75) is 85.6 Å². The van der Waals surface area contributed by atoms with Gasteiger partial charge in [-0.15, -0.1) is 10.2 Å². The summed E-state index contributed by atoms with van der Waals surface area (Å²) in [4.78, 5) is 44.4. The number of carbonyl (C=O) groups is 3. The molecule has 4 heterocycles. The van der Waals surface area contributed by atoms with Gasteiger partial charge < -0.3 is 50.0 Å².